The molecule has 0 aliphatic carbocycles. The number of carbonyl (C=O) groups is 2. The van der Waals surface area contributed by atoms with Gasteiger partial charge >= 0.3 is 5.97 Å². The molecule has 0 unspecified atom stereocenters. The van der Waals surface area contributed by atoms with Gasteiger partial charge in [-0.05, 0) is 0 Å². The highest BCUT2D eigenvalue weighted by Gasteiger charge is 2.23. The van der Waals surface area contributed by atoms with Crippen LogP contribution in [0.3, 0.4) is 0 Å². The van der Waals surface area contributed by atoms with Crippen LogP contribution >= 0.6 is 34.4 Å². The number of rotatable bonds is 8. The van der Waals surface area contributed by atoms with E-state index in [1.165, 1.54) is 7.11 Å². The number of carbonyl (C=O) groups excluding carboxylic acids is 2. The van der Waals surface area contributed by atoms with Crippen LogP contribution in [0.25, 0.3) is 0 Å². The molecule has 0 saturated carbocycles. The maximum atomic E-state index is 12.3. The summed E-state index contributed by atoms with van der Waals surface area (Å²) in [5.41, 5.74) is 0. The number of amides is 1. The van der Waals surface area contributed by atoms with E-state index >= 15 is 0 Å². The first-order valence-corrected chi connectivity index (χ1v) is 11.0. The summed E-state index contributed by atoms with van der Waals surface area (Å²) in [7, 11) is -2.75. The minimum Gasteiger partial charge on any atom is -0.468 e. The number of ether oxygens (including phenoxy) is 1. The molecule has 0 bridgehead atoms. The van der Waals surface area contributed by atoms with Gasteiger partial charge in [0.2, 0.25) is 16.2 Å². The number of esters is 1. The van der Waals surface area contributed by atoms with Gasteiger partial charge in [-0.2, -0.15) is 8.42 Å². The zero-order valence-electron chi connectivity index (χ0n) is 13.7. The minimum absolute atomic E-state index is 0.0142. The molecule has 1 amide bonds. The minimum atomic E-state index is -4.02. The summed E-state index contributed by atoms with van der Waals surface area (Å²) < 4.78 is 31.4. The van der Waals surface area contributed by atoms with Gasteiger partial charge in [0.25, 0.3) is 14.4 Å². The Hall–Kier alpha value is -1.84. The van der Waals surface area contributed by atoms with Crippen molar-refractivity contribution in [2.24, 2.45) is 5.92 Å². The second kappa shape index (κ2) is 8.70. The van der Waals surface area contributed by atoms with Crippen LogP contribution in [-0.2, 0) is 24.3 Å². The summed E-state index contributed by atoms with van der Waals surface area (Å²) in [5, 5.41) is 17.2. The van der Waals surface area contributed by atoms with E-state index in [-0.39, 0.29) is 32.2 Å². The number of hydrogen-bond acceptors (Lipinski definition) is 12. The van der Waals surface area contributed by atoms with Crippen molar-refractivity contribution >= 4 is 66.6 Å². The summed E-state index contributed by atoms with van der Waals surface area (Å²) >= 11 is 2.74. The Morgan fingerprint density at radius 1 is 1.15 bits per heavy atom. The Morgan fingerprint density at radius 3 is 2.50 bits per heavy atom. The van der Waals surface area contributed by atoms with Crippen LogP contribution in [0.15, 0.2) is 8.68 Å². The molecule has 2 aromatic rings. The molecule has 142 valence electrons. The van der Waals surface area contributed by atoms with Gasteiger partial charge in [0, 0.05) is 5.92 Å². The highest BCUT2D eigenvalue weighted by atomic mass is 32.2. The average molecular weight is 439 g/mol. The highest BCUT2D eigenvalue weighted by molar-refractivity contribution is 8.01. The zero-order valence-corrected chi connectivity index (χ0v) is 17.0. The third kappa shape index (κ3) is 5.58. The molecule has 0 aliphatic rings. The molecule has 0 radical (unpaired) electrons. The van der Waals surface area contributed by atoms with Crippen molar-refractivity contribution < 1.29 is 22.7 Å². The predicted octanol–water partition coefficient (Wildman–Crippen LogP) is 1.05. The highest BCUT2D eigenvalue weighted by Crippen LogP contribution is 2.28. The Bertz CT molecular complexity index is 893. The van der Waals surface area contributed by atoms with Crippen LogP contribution in [0, 0.1) is 5.92 Å². The lowest BCUT2D eigenvalue weighted by Gasteiger charge is -2.02. The Labute approximate surface area is 161 Å². The first-order chi connectivity index (χ1) is 12.2. The number of hydrogen-bond donors (Lipinski definition) is 2. The zero-order chi connectivity index (χ0) is 19.3. The lowest BCUT2D eigenvalue weighted by molar-refractivity contribution is -0.137. The third-order valence-electron chi connectivity index (χ3n) is 2.56. The molecule has 0 atom stereocenters. The SMILES string of the molecule is COC(=O)CSc1nnc(NS(=O)(=O)c2nnc(NC(=O)C(C)C)s2)s1. The second-order valence-electron chi connectivity index (χ2n) is 4.86. The predicted molar refractivity (Wildman–Crippen MR) is 96.8 cm³/mol. The molecule has 2 aromatic heterocycles. The summed E-state index contributed by atoms with van der Waals surface area (Å²) in [5.74, 6) is -0.973. The molecule has 0 spiro atoms. The maximum Gasteiger partial charge on any atom is 0.316 e. The number of sulfonamides is 1. The van der Waals surface area contributed by atoms with Crippen molar-refractivity contribution in [3.63, 3.8) is 0 Å². The number of anilines is 2. The molecular formula is C11H14N6O5S4. The van der Waals surface area contributed by atoms with E-state index in [0.29, 0.717) is 15.7 Å². The second-order valence-corrected chi connectivity index (χ2v) is 9.89. The molecular weight excluding hydrogens is 424 g/mol. The normalized spacial score (nSPS) is 11.4. The number of thioether (sulfide) groups is 1. The van der Waals surface area contributed by atoms with Crippen LogP contribution in [0.1, 0.15) is 13.8 Å². The largest absolute Gasteiger partial charge is 0.468 e. The monoisotopic (exact) mass is 438 g/mol. The number of aromatic nitrogens is 4. The number of nitrogens with one attached hydrogen (secondary N) is 2. The van der Waals surface area contributed by atoms with Gasteiger partial charge < -0.3 is 10.1 Å². The molecule has 15 heteroatoms. The van der Waals surface area contributed by atoms with Gasteiger partial charge in [-0.1, -0.05) is 48.3 Å². The van der Waals surface area contributed by atoms with Crippen molar-refractivity contribution in [3.8, 4) is 0 Å². The van der Waals surface area contributed by atoms with Crippen LogP contribution in [0.5, 0.6) is 0 Å². The number of methoxy groups -OCH3 is 1. The Balaban J connectivity index is 2.03. The number of nitrogens with zero attached hydrogens (tertiary/aromatic N) is 4. The molecule has 0 saturated heterocycles. The van der Waals surface area contributed by atoms with Gasteiger partial charge in [-0.25, -0.2) is 0 Å². The maximum absolute atomic E-state index is 12.3. The van der Waals surface area contributed by atoms with Crippen LogP contribution in [0.4, 0.5) is 10.3 Å². The Morgan fingerprint density at radius 2 is 1.85 bits per heavy atom. The van der Waals surface area contributed by atoms with Gasteiger partial charge in [0.1, 0.15) is 0 Å². The molecule has 0 aromatic carbocycles. The van der Waals surface area contributed by atoms with Gasteiger partial charge in [0.05, 0.1) is 12.9 Å². The third-order valence-corrected chi connectivity index (χ3v) is 7.18. The first kappa shape index (κ1) is 20.5. The van der Waals surface area contributed by atoms with E-state index in [0.717, 1.165) is 23.1 Å². The Kier molecular flexibility index (Phi) is 6.85. The van der Waals surface area contributed by atoms with Crippen molar-refractivity contribution in [2.45, 2.75) is 22.5 Å². The van der Waals surface area contributed by atoms with Crippen molar-refractivity contribution in [2.75, 3.05) is 22.9 Å². The summed E-state index contributed by atoms with van der Waals surface area (Å²) in [6, 6.07) is 0. The van der Waals surface area contributed by atoms with Gasteiger partial charge in [-0.3, -0.25) is 14.3 Å². The van der Waals surface area contributed by atoms with Crippen LogP contribution < -0.4 is 10.0 Å². The average Bonchev–Trinajstić information content (AvgIpc) is 3.22. The summed E-state index contributed by atoms with van der Waals surface area (Å²) in [6.07, 6.45) is 0. The van der Waals surface area contributed by atoms with Crippen molar-refractivity contribution in [1.82, 2.24) is 20.4 Å². The fourth-order valence-corrected chi connectivity index (χ4v) is 4.98. The van der Waals surface area contributed by atoms with E-state index in [1.807, 2.05) is 0 Å². The van der Waals surface area contributed by atoms with E-state index in [9.17, 15) is 18.0 Å². The lowest BCUT2D eigenvalue weighted by atomic mass is 10.2. The molecule has 0 fully saturated rings. The topological polar surface area (TPSA) is 153 Å². The molecule has 2 heterocycles. The molecule has 0 aliphatic heterocycles. The molecule has 26 heavy (non-hydrogen) atoms. The van der Waals surface area contributed by atoms with E-state index in [4.69, 9.17) is 0 Å². The van der Waals surface area contributed by atoms with E-state index in [1.54, 1.807) is 13.8 Å². The van der Waals surface area contributed by atoms with Crippen molar-refractivity contribution in [3.05, 3.63) is 0 Å². The lowest BCUT2D eigenvalue weighted by Crippen LogP contribution is -2.17. The molecule has 11 nitrogen and oxygen atoms in total. The smallest absolute Gasteiger partial charge is 0.316 e. The van der Waals surface area contributed by atoms with Crippen LogP contribution in [-0.4, -0.2) is 53.6 Å². The fraction of sp³-hybridized carbons (Fsp3) is 0.455. The standard InChI is InChI=1S/C11H14N6O5S4/c1-5(2)7(19)12-8-13-16-11(25-8)26(20,21)17-9-14-15-10(24-9)23-4-6(18)22-3/h5H,4H2,1-3H3,(H,14,17)(H,12,13,19). The van der Waals surface area contributed by atoms with E-state index < -0.39 is 16.0 Å². The molecule has 2 rings (SSSR count). The summed E-state index contributed by atoms with van der Waals surface area (Å²) in [6.45, 7) is 3.39. The van der Waals surface area contributed by atoms with Gasteiger partial charge in [-0.15, -0.1) is 20.4 Å². The van der Waals surface area contributed by atoms with Crippen LogP contribution in [0.2, 0.25) is 0 Å². The van der Waals surface area contributed by atoms with Crippen molar-refractivity contribution in [1.29, 1.82) is 0 Å². The summed E-state index contributed by atoms with van der Waals surface area (Å²) in [4.78, 5) is 22.7. The van der Waals surface area contributed by atoms with Gasteiger partial charge in [0.15, 0.2) is 4.34 Å². The first-order valence-electron chi connectivity index (χ1n) is 6.91. The fourth-order valence-electron chi connectivity index (χ4n) is 1.27. The van der Waals surface area contributed by atoms with E-state index in [2.05, 4.69) is 35.2 Å². The molecule has 2 N–H and O–H groups in total. The quantitative estimate of drug-likeness (QED) is 0.347.